The summed E-state index contributed by atoms with van der Waals surface area (Å²) < 4.78 is 5.35. The molecule has 24 heavy (non-hydrogen) atoms. The third kappa shape index (κ3) is 2.58. The van der Waals surface area contributed by atoms with E-state index in [1.807, 2.05) is 30.5 Å². The Morgan fingerprint density at radius 3 is 2.96 bits per heavy atom. The Labute approximate surface area is 137 Å². The lowest BCUT2D eigenvalue weighted by atomic mass is 10.1. The number of amides is 2. The quantitative estimate of drug-likeness (QED) is 0.693. The van der Waals surface area contributed by atoms with E-state index in [4.69, 9.17) is 4.74 Å². The van der Waals surface area contributed by atoms with Crippen LogP contribution in [0.4, 0.5) is 11.4 Å². The summed E-state index contributed by atoms with van der Waals surface area (Å²) in [6.45, 7) is -0.0141. The van der Waals surface area contributed by atoms with Gasteiger partial charge in [0.25, 0.3) is 5.91 Å². The first-order valence-electron chi connectivity index (χ1n) is 7.61. The second kappa shape index (κ2) is 5.73. The number of hydrogen-bond acceptors (Lipinski definition) is 3. The lowest BCUT2D eigenvalue weighted by molar-refractivity contribution is -0.118. The van der Waals surface area contributed by atoms with Crippen LogP contribution in [0.2, 0.25) is 0 Å². The zero-order chi connectivity index (χ0) is 16.5. The maximum absolute atomic E-state index is 12.4. The number of aromatic amines is 1. The Bertz CT molecular complexity index is 946. The maximum Gasteiger partial charge on any atom is 0.262 e. The number of carbonyl (C=O) groups excluding carboxylic acids is 2. The summed E-state index contributed by atoms with van der Waals surface area (Å²) in [7, 11) is 0. The molecule has 1 aromatic heterocycles. The average molecular weight is 321 g/mol. The molecule has 0 saturated heterocycles. The molecule has 3 aromatic rings. The van der Waals surface area contributed by atoms with Crippen LogP contribution >= 0.6 is 0 Å². The van der Waals surface area contributed by atoms with Gasteiger partial charge in [0.1, 0.15) is 11.4 Å². The van der Waals surface area contributed by atoms with Crippen LogP contribution in [0.5, 0.6) is 5.75 Å². The molecule has 0 unspecified atom stereocenters. The van der Waals surface area contributed by atoms with Crippen molar-refractivity contribution in [3.63, 3.8) is 0 Å². The van der Waals surface area contributed by atoms with Crippen LogP contribution in [0.3, 0.4) is 0 Å². The minimum Gasteiger partial charge on any atom is -0.481 e. The molecule has 0 atom stereocenters. The van der Waals surface area contributed by atoms with E-state index < -0.39 is 0 Å². The van der Waals surface area contributed by atoms with Crippen LogP contribution in [0.15, 0.2) is 48.7 Å². The summed E-state index contributed by atoms with van der Waals surface area (Å²) >= 11 is 0. The highest BCUT2D eigenvalue weighted by atomic mass is 16.5. The largest absolute Gasteiger partial charge is 0.481 e. The second-order valence-electron chi connectivity index (χ2n) is 5.60. The molecule has 6 heteroatoms. The third-order valence-corrected chi connectivity index (χ3v) is 3.95. The first kappa shape index (κ1) is 14.3. The molecule has 1 aliphatic heterocycles. The summed E-state index contributed by atoms with van der Waals surface area (Å²) in [6.07, 6.45) is 2.08. The molecule has 0 spiro atoms. The van der Waals surface area contributed by atoms with Gasteiger partial charge in [0, 0.05) is 17.1 Å². The molecule has 0 fully saturated rings. The van der Waals surface area contributed by atoms with Crippen molar-refractivity contribution in [2.45, 2.75) is 6.42 Å². The SMILES string of the molecule is O=C(Cc1c[nH]c2ccccc12)Nc1cccc2c1NC(=O)CO2. The van der Waals surface area contributed by atoms with Crippen molar-refractivity contribution in [1.29, 1.82) is 0 Å². The normalized spacial score (nSPS) is 13.1. The van der Waals surface area contributed by atoms with E-state index in [0.29, 0.717) is 17.1 Å². The van der Waals surface area contributed by atoms with Gasteiger partial charge in [0.2, 0.25) is 5.91 Å². The van der Waals surface area contributed by atoms with Crippen LogP contribution in [-0.4, -0.2) is 23.4 Å². The van der Waals surface area contributed by atoms with E-state index in [1.54, 1.807) is 18.2 Å². The van der Waals surface area contributed by atoms with E-state index in [-0.39, 0.29) is 24.8 Å². The lowest BCUT2D eigenvalue weighted by Gasteiger charge is -2.20. The predicted molar refractivity (Wildman–Crippen MR) is 91.2 cm³/mol. The number of nitrogens with one attached hydrogen (secondary N) is 3. The van der Waals surface area contributed by atoms with Gasteiger partial charge in [-0.25, -0.2) is 0 Å². The Hall–Kier alpha value is -3.28. The van der Waals surface area contributed by atoms with Crippen molar-refractivity contribution in [3.05, 3.63) is 54.2 Å². The Balaban J connectivity index is 1.56. The topological polar surface area (TPSA) is 83.2 Å². The fraction of sp³-hybridized carbons (Fsp3) is 0.111. The molecule has 0 saturated carbocycles. The van der Waals surface area contributed by atoms with Gasteiger partial charge in [0.15, 0.2) is 6.61 Å². The number of anilines is 2. The van der Waals surface area contributed by atoms with E-state index in [1.165, 1.54) is 0 Å². The lowest BCUT2D eigenvalue weighted by Crippen LogP contribution is -2.27. The summed E-state index contributed by atoms with van der Waals surface area (Å²) in [5, 5.41) is 6.61. The molecule has 2 amide bonds. The molecule has 4 rings (SSSR count). The molecular formula is C18H15N3O3. The number of benzene rings is 2. The van der Waals surface area contributed by atoms with Crippen LogP contribution in [-0.2, 0) is 16.0 Å². The second-order valence-corrected chi connectivity index (χ2v) is 5.60. The highest BCUT2D eigenvalue weighted by Gasteiger charge is 2.20. The number of carbonyl (C=O) groups is 2. The Morgan fingerprint density at radius 2 is 2.04 bits per heavy atom. The monoisotopic (exact) mass is 321 g/mol. The van der Waals surface area contributed by atoms with Crippen molar-refractivity contribution >= 4 is 34.1 Å². The molecule has 0 aliphatic carbocycles. The molecule has 6 nitrogen and oxygen atoms in total. The number of hydrogen-bond donors (Lipinski definition) is 3. The predicted octanol–water partition coefficient (Wildman–Crippen LogP) is 2.68. The molecule has 0 bridgehead atoms. The van der Waals surface area contributed by atoms with Gasteiger partial charge in [-0.15, -0.1) is 0 Å². The number of rotatable bonds is 3. The Morgan fingerprint density at radius 1 is 1.17 bits per heavy atom. The van der Waals surface area contributed by atoms with Crippen molar-refractivity contribution in [1.82, 2.24) is 4.98 Å². The molecule has 0 radical (unpaired) electrons. The van der Waals surface area contributed by atoms with Crippen LogP contribution < -0.4 is 15.4 Å². The van der Waals surface area contributed by atoms with Crippen molar-refractivity contribution in [3.8, 4) is 5.75 Å². The minimum absolute atomic E-state index is 0.0141. The number of aromatic nitrogens is 1. The molecular weight excluding hydrogens is 306 g/mol. The fourth-order valence-electron chi connectivity index (χ4n) is 2.85. The summed E-state index contributed by atoms with van der Waals surface area (Å²) in [4.78, 5) is 27.1. The summed E-state index contributed by atoms with van der Waals surface area (Å²) in [5.41, 5.74) is 2.96. The number of fused-ring (bicyclic) bond motifs is 2. The third-order valence-electron chi connectivity index (χ3n) is 3.95. The van der Waals surface area contributed by atoms with Gasteiger partial charge in [-0.05, 0) is 23.8 Å². The molecule has 120 valence electrons. The maximum atomic E-state index is 12.4. The van der Waals surface area contributed by atoms with Crippen molar-refractivity contribution < 1.29 is 14.3 Å². The zero-order valence-electron chi connectivity index (χ0n) is 12.8. The van der Waals surface area contributed by atoms with Gasteiger partial charge < -0.3 is 20.4 Å². The summed E-state index contributed by atoms with van der Waals surface area (Å²) in [5.74, 6) is 0.160. The molecule has 2 aromatic carbocycles. The molecule has 1 aliphatic rings. The first-order valence-corrected chi connectivity index (χ1v) is 7.61. The van der Waals surface area contributed by atoms with Crippen LogP contribution in [0, 0.1) is 0 Å². The summed E-state index contributed by atoms with van der Waals surface area (Å²) in [6, 6.07) is 13.1. The van der Waals surface area contributed by atoms with Crippen molar-refractivity contribution in [2.24, 2.45) is 0 Å². The first-order chi connectivity index (χ1) is 11.7. The average Bonchev–Trinajstić information content (AvgIpc) is 2.98. The number of para-hydroxylation sites is 2. The van der Waals surface area contributed by atoms with Gasteiger partial charge in [-0.3, -0.25) is 9.59 Å². The van der Waals surface area contributed by atoms with Crippen molar-refractivity contribution in [2.75, 3.05) is 17.2 Å². The van der Waals surface area contributed by atoms with Gasteiger partial charge >= 0.3 is 0 Å². The van der Waals surface area contributed by atoms with Crippen LogP contribution in [0.1, 0.15) is 5.56 Å². The van der Waals surface area contributed by atoms with Gasteiger partial charge in [-0.1, -0.05) is 24.3 Å². The highest BCUT2D eigenvalue weighted by Crippen LogP contribution is 2.34. The Kier molecular flexibility index (Phi) is 3.42. The molecule has 3 N–H and O–H groups in total. The van der Waals surface area contributed by atoms with Crippen LogP contribution in [0.25, 0.3) is 10.9 Å². The van der Waals surface area contributed by atoms with E-state index >= 15 is 0 Å². The minimum atomic E-state index is -0.235. The molecule has 2 heterocycles. The zero-order valence-corrected chi connectivity index (χ0v) is 12.8. The number of H-pyrrole nitrogens is 1. The smallest absolute Gasteiger partial charge is 0.262 e. The fourth-order valence-corrected chi connectivity index (χ4v) is 2.85. The van der Waals surface area contributed by atoms with E-state index in [0.717, 1.165) is 16.5 Å². The van der Waals surface area contributed by atoms with E-state index in [9.17, 15) is 9.59 Å². The van der Waals surface area contributed by atoms with Gasteiger partial charge in [0.05, 0.1) is 12.1 Å². The number of ether oxygens (including phenoxy) is 1. The highest BCUT2D eigenvalue weighted by molar-refractivity contribution is 6.04. The van der Waals surface area contributed by atoms with E-state index in [2.05, 4.69) is 15.6 Å². The van der Waals surface area contributed by atoms with Gasteiger partial charge in [-0.2, -0.15) is 0 Å². The standard InChI is InChI=1S/C18H15N3O3/c22-16(8-11-9-19-13-5-2-1-4-12(11)13)20-14-6-3-7-15-18(14)21-17(23)10-24-15/h1-7,9,19H,8,10H2,(H,20,22)(H,21,23).